The molecule has 0 aliphatic heterocycles. The van der Waals surface area contributed by atoms with E-state index in [-0.39, 0.29) is 24.5 Å². The molecule has 0 bridgehead atoms. The zero-order chi connectivity index (χ0) is 19.2. The molecule has 0 saturated heterocycles. The fourth-order valence-electron chi connectivity index (χ4n) is 4.06. The number of aryl methyl sites for hydroxylation is 1. The second-order valence-corrected chi connectivity index (χ2v) is 7.35. The highest BCUT2D eigenvalue weighted by atomic mass is 16.2. The highest BCUT2D eigenvalue weighted by Gasteiger charge is 2.22. The van der Waals surface area contributed by atoms with Crippen LogP contribution in [-0.2, 0) is 11.2 Å². The molecule has 1 aliphatic rings. The Kier molecular flexibility index (Phi) is 5.83. The number of hydrogen-bond donors (Lipinski definition) is 2. The van der Waals surface area contributed by atoms with Gasteiger partial charge in [0, 0.05) is 0 Å². The van der Waals surface area contributed by atoms with Gasteiger partial charge in [-0.3, -0.25) is 10.1 Å². The van der Waals surface area contributed by atoms with E-state index >= 15 is 0 Å². The molecule has 3 heteroatoms. The Bertz CT molecular complexity index is 869. The van der Waals surface area contributed by atoms with Gasteiger partial charge in [0.05, 0.1) is 18.6 Å². The zero-order valence-corrected chi connectivity index (χ0v) is 16.0. The lowest BCUT2D eigenvalue weighted by Crippen LogP contribution is -2.39. The quantitative estimate of drug-likeness (QED) is 0.668. The average molecular weight is 370 g/mol. The smallest absolute Gasteiger partial charge is 0.234 e. The van der Waals surface area contributed by atoms with Crippen LogP contribution in [0.25, 0.3) is 0 Å². The van der Waals surface area contributed by atoms with Crippen LogP contribution >= 0.6 is 0 Å². The molecule has 0 unspecified atom stereocenters. The summed E-state index contributed by atoms with van der Waals surface area (Å²) < 4.78 is 0. The van der Waals surface area contributed by atoms with Crippen molar-refractivity contribution in [3.8, 4) is 0 Å². The molecule has 0 aromatic heterocycles. The molecule has 2 N–H and O–H groups in total. The van der Waals surface area contributed by atoms with Crippen molar-refractivity contribution in [2.24, 2.45) is 0 Å². The Hall–Kier alpha value is -2.91. The van der Waals surface area contributed by atoms with E-state index < -0.39 is 0 Å². The van der Waals surface area contributed by atoms with Crippen LogP contribution in [0.3, 0.4) is 0 Å². The molecule has 0 spiro atoms. The van der Waals surface area contributed by atoms with Gasteiger partial charge in [0.1, 0.15) is 0 Å². The molecule has 3 aromatic rings. The van der Waals surface area contributed by atoms with Crippen LogP contribution in [0.1, 0.15) is 47.2 Å². The molecule has 1 atom stereocenters. The molecule has 4 rings (SSSR count). The van der Waals surface area contributed by atoms with Gasteiger partial charge in [0.15, 0.2) is 0 Å². The summed E-state index contributed by atoms with van der Waals surface area (Å²) in [6.45, 7) is 0.285. The molecule has 1 amide bonds. The number of carbonyl (C=O) groups excluding carboxylic acids is 1. The predicted molar refractivity (Wildman–Crippen MR) is 113 cm³/mol. The Morgan fingerprint density at radius 2 is 1.46 bits per heavy atom. The summed E-state index contributed by atoms with van der Waals surface area (Å²) in [4.78, 5) is 12.7. The number of fused-ring (bicyclic) bond motifs is 1. The summed E-state index contributed by atoms with van der Waals surface area (Å²) in [5.74, 6) is 0.0403. The van der Waals surface area contributed by atoms with Crippen LogP contribution < -0.4 is 10.6 Å². The second kappa shape index (κ2) is 8.85. The van der Waals surface area contributed by atoms with Crippen molar-refractivity contribution in [3.63, 3.8) is 0 Å². The van der Waals surface area contributed by atoms with Crippen molar-refractivity contribution in [2.75, 3.05) is 6.54 Å². The molecule has 0 heterocycles. The maximum Gasteiger partial charge on any atom is 0.234 e. The van der Waals surface area contributed by atoms with Crippen LogP contribution in [0, 0.1) is 0 Å². The Morgan fingerprint density at radius 3 is 2.14 bits per heavy atom. The molecule has 0 radical (unpaired) electrons. The summed E-state index contributed by atoms with van der Waals surface area (Å²) in [6, 6.07) is 29.1. The van der Waals surface area contributed by atoms with E-state index in [2.05, 4.69) is 59.2 Å². The van der Waals surface area contributed by atoms with E-state index in [1.54, 1.807) is 0 Å². The summed E-state index contributed by atoms with van der Waals surface area (Å²) in [6.07, 6.45) is 3.22. The molecule has 0 saturated carbocycles. The summed E-state index contributed by atoms with van der Waals surface area (Å²) >= 11 is 0. The van der Waals surface area contributed by atoms with Crippen LogP contribution in [0.5, 0.6) is 0 Å². The Morgan fingerprint density at radius 1 is 0.857 bits per heavy atom. The molecule has 3 aromatic carbocycles. The standard InChI is InChI=1S/C25H26N2O/c28-24(27-23-17-9-15-19-10-7-8-16-22(19)23)18-26-25(20-11-3-1-4-12-20)21-13-5-2-6-14-21/h1-8,10-14,16,23,25-26H,9,15,17-18H2,(H,27,28)/t23-/m0/s1. The highest BCUT2D eigenvalue weighted by molar-refractivity contribution is 5.78. The van der Waals surface area contributed by atoms with E-state index in [1.165, 1.54) is 11.1 Å². The van der Waals surface area contributed by atoms with Gasteiger partial charge in [-0.05, 0) is 41.5 Å². The minimum Gasteiger partial charge on any atom is -0.348 e. The minimum absolute atomic E-state index is 0.00760. The Balaban J connectivity index is 1.44. The second-order valence-electron chi connectivity index (χ2n) is 7.35. The third kappa shape index (κ3) is 4.32. The lowest BCUT2D eigenvalue weighted by Gasteiger charge is -2.27. The molecule has 3 nitrogen and oxygen atoms in total. The van der Waals surface area contributed by atoms with E-state index in [4.69, 9.17) is 0 Å². The number of nitrogens with one attached hydrogen (secondary N) is 2. The third-order valence-corrected chi connectivity index (χ3v) is 5.44. The van der Waals surface area contributed by atoms with E-state index in [0.717, 1.165) is 30.4 Å². The van der Waals surface area contributed by atoms with Crippen molar-refractivity contribution < 1.29 is 4.79 Å². The van der Waals surface area contributed by atoms with Gasteiger partial charge in [0.25, 0.3) is 0 Å². The van der Waals surface area contributed by atoms with Crippen molar-refractivity contribution in [2.45, 2.75) is 31.3 Å². The maximum atomic E-state index is 12.7. The minimum atomic E-state index is -0.00760. The lowest BCUT2D eigenvalue weighted by atomic mass is 9.88. The number of hydrogen-bond acceptors (Lipinski definition) is 2. The molecular weight excluding hydrogens is 344 g/mol. The molecule has 0 fully saturated rings. The summed E-state index contributed by atoms with van der Waals surface area (Å²) in [5.41, 5.74) is 4.94. The SMILES string of the molecule is O=C(CNC(c1ccccc1)c1ccccc1)N[C@H]1CCCc2ccccc21. The molecule has 28 heavy (non-hydrogen) atoms. The van der Waals surface area contributed by atoms with Crippen LogP contribution in [-0.4, -0.2) is 12.5 Å². The number of amides is 1. The van der Waals surface area contributed by atoms with Gasteiger partial charge < -0.3 is 5.32 Å². The van der Waals surface area contributed by atoms with Gasteiger partial charge >= 0.3 is 0 Å². The number of benzene rings is 3. The number of carbonyl (C=O) groups is 1. The first-order chi connectivity index (χ1) is 13.8. The van der Waals surface area contributed by atoms with Crippen molar-refractivity contribution in [1.29, 1.82) is 0 Å². The Labute approximate surface area is 166 Å². The lowest BCUT2D eigenvalue weighted by molar-refractivity contribution is -0.121. The molecule has 1 aliphatic carbocycles. The summed E-state index contributed by atoms with van der Waals surface area (Å²) in [7, 11) is 0. The third-order valence-electron chi connectivity index (χ3n) is 5.44. The largest absolute Gasteiger partial charge is 0.348 e. The van der Waals surface area contributed by atoms with E-state index in [1.807, 2.05) is 36.4 Å². The fourth-order valence-corrected chi connectivity index (χ4v) is 4.06. The topological polar surface area (TPSA) is 41.1 Å². The average Bonchev–Trinajstić information content (AvgIpc) is 2.76. The van der Waals surface area contributed by atoms with Gasteiger partial charge in [-0.15, -0.1) is 0 Å². The van der Waals surface area contributed by atoms with Crippen LogP contribution in [0.15, 0.2) is 84.9 Å². The van der Waals surface area contributed by atoms with Gasteiger partial charge in [0.2, 0.25) is 5.91 Å². The fraction of sp³-hybridized carbons (Fsp3) is 0.240. The monoisotopic (exact) mass is 370 g/mol. The molecule has 142 valence electrons. The predicted octanol–water partition coefficient (Wildman–Crippen LogP) is 4.56. The highest BCUT2D eigenvalue weighted by Crippen LogP contribution is 2.29. The van der Waals surface area contributed by atoms with Crippen molar-refractivity contribution in [3.05, 3.63) is 107 Å². The van der Waals surface area contributed by atoms with Crippen molar-refractivity contribution in [1.82, 2.24) is 10.6 Å². The van der Waals surface area contributed by atoms with Crippen LogP contribution in [0.2, 0.25) is 0 Å². The normalized spacial score (nSPS) is 15.8. The summed E-state index contributed by atoms with van der Waals surface area (Å²) in [5, 5.41) is 6.69. The first-order valence-corrected chi connectivity index (χ1v) is 10.0. The maximum absolute atomic E-state index is 12.7. The van der Waals surface area contributed by atoms with E-state index in [9.17, 15) is 4.79 Å². The first-order valence-electron chi connectivity index (χ1n) is 10.0. The first kappa shape index (κ1) is 18.5. The van der Waals surface area contributed by atoms with Crippen molar-refractivity contribution >= 4 is 5.91 Å². The number of rotatable bonds is 6. The van der Waals surface area contributed by atoms with Gasteiger partial charge in [-0.1, -0.05) is 84.9 Å². The van der Waals surface area contributed by atoms with E-state index in [0.29, 0.717) is 0 Å². The van der Waals surface area contributed by atoms with Crippen LogP contribution in [0.4, 0.5) is 0 Å². The zero-order valence-electron chi connectivity index (χ0n) is 16.0. The van der Waals surface area contributed by atoms with Gasteiger partial charge in [-0.25, -0.2) is 0 Å². The van der Waals surface area contributed by atoms with Gasteiger partial charge in [-0.2, -0.15) is 0 Å². The molecular formula is C25H26N2O.